The van der Waals surface area contributed by atoms with E-state index in [0.717, 1.165) is 49.8 Å². The average molecular weight is 290 g/mol. The third kappa shape index (κ3) is 3.00. The minimum atomic E-state index is 0.172. The fourth-order valence-electron chi connectivity index (χ4n) is 3.28. The summed E-state index contributed by atoms with van der Waals surface area (Å²) in [6, 6.07) is 2.02. The number of hydrogen-bond acceptors (Lipinski definition) is 5. The zero-order valence-corrected chi connectivity index (χ0v) is 12.7. The number of anilines is 1. The molecular weight excluding hydrogens is 268 g/mol. The number of rotatable bonds is 3. The molecule has 2 aliphatic rings. The molecule has 1 aromatic rings. The van der Waals surface area contributed by atoms with Gasteiger partial charge in [-0.2, -0.15) is 0 Å². The molecule has 21 heavy (non-hydrogen) atoms. The Hall–Kier alpha value is -1.69. The van der Waals surface area contributed by atoms with Crippen molar-refractivity contribution in [2.75, 3.05) is 31.6 Å². The lowest BCUT2D eigenvalue weighted by molar-refractivity contribution is -0.119. The maximum atomic E-state index is 11.5. The van der Waals surface area contributed by atoms with Crippen LogP contribution in [0.25, 0.3) is 0 Å². The number of piperidine rings is 1. The third-order valence-electron chi connectivity index (χ3n) is 4.50. The Morgan fingerprint density at radius 2 is 2.14 bits per heavy atom. The summed E-state index contributed by atoms with van der Waals surface area (Å²) in [7, 11) is 1.65. The largest absolute Gasteiger partial charge is 0.377 e. The highest BCUT2D eigenvalue weighted by molar-refractivity contribution is 5.79. The number of methoxy groups -OCH3 is 1. The van der Waals surface area contributed by atoms with Crippen molar-refractivity contribution < 1.29 is 9.53 Å². The van der Waals surface area contributed by atoms with Crippen LogP contribution in [0.2, 0.25) is 0 Å². The SMILES string of the molecule is COCc1nc(C)cc(N2CCC3(CC2)CNC(=O)C3)n1. The van der Waals surface area contributed by atoms with Crippen molar-refractivity contribution in [2.45, 2.75) is 32.8 Å². The van der Waals surface area contributed by atoms with Crippen molar-refractivity contribution in [2.24, 2.45) is 5.41 Å². The molecule has 2 fully saturated rings. The van der Waals surface area contributed by atoms with Gasteiger partial charge < -0.3 is 15.0 Å². The molecule has 1 aromatic heterocycles. The molecule has 0 atom stereocenters. The van der Waals surface area contributed by atoms with Crippen molar-refractivity contribution in [3.63, 3.8) is 0 Å². The second kappa shape index (κ2) is 5.60. The van der Waals surface area contributed by atoms with Gasteiger partial charge in [0, 0.05) is 44.9 Å². The van der Waals surface area contributed by atoms with E-state index in [9.17, 15) is 4.79 Å². The van der Waals surface area contributed by atoms with Gasteiger partial charge in [0.2, 0.25) is 5.91 Å². The lowest BCUT2D eigenvalue weighted by atomic mass is 9.77. The van der Waals surface area contributed by atoms with Crippen LogP contribution in [-0.4, -0.2) is 42.6 Å². The van der Waals surface area contributed by atoms with Crippen LogP contribution in [0.4, 0.5) is 5.82 Å². The highest BCUT2D eigenvalue weighted by Gasteiger charge is 2.41. The van der Waals surface area contributed by atoms with Crippen molar-refractivity contribution in [1.29, 1.82) is 0 Å². The van der Waals surface area contributed by atoms with Gasteiger partial charge in [0.1, 0.15) is 12.4 Å². The quantitative estimate of drug-likeness (QED) is 0.901. The molecule has 3 rings (SSSR count). The lowest BCUT2D eigenvalue weighted by Gasteiger charge is -2.38. The number of aromatic nitrogens is 2. The Bertz CT molecular complexity index is 538. The fraction of sp³-hybridized carbons (Fsp3) is 0.667. The Morgan fingerprint density at radius 3 is 2.76 bits per heavy atom. The van der Waals surface area contributed by atoms with Crippen molar-refractivity contribution >= 4 is 11.7 Å². The first-order chi connectivity index (χ1) is 10.1. The van der Waals surface area contributed by atoms with Gasteiger partial charge in [-0.1, -0.05) is 0 Å². The van der Waals surface area contributed by atoms with Crippen LogP contribution >= 0.6 is 0 Å². The molecule has 1 amide bonds. The van der Waals surface area contributed by atoms with Gasteiger partial charge in [-0.15, -0.1) is 0 Å². The van der Waals surface area contributed by atoms with Gasteiger partial charge in [0.25, 0.3) is 0 Å². The summed E-state index contributed by atoms with van der Waals surface area (Å²) in [4.78, 5) is 22.7. The van der Waals surface area contributed by atoms with Crippen LogP contribution in [-0.2, 0) is 16.1 Å². The average Bonchev–Trinajstić information content (AvgIpc) is 2.80. The molecule has 0 radical (unpaired) electrons. The van der Waals surface area contributed by atoms with E-state index in [4.69, 9.17) is 4.74 Å². The molecule has 6 heteroatoms. The Kier molecular flexibility index (Phi) is 3.80. The molecule has 0 aliphatic carbocycles. The normalized spacial score (nSPS) is 20.9. The summed E-state index contributed by atoms with van der Waals surface area (Å²) in [5.74, 6) is 1.90. The molecule has 2 saturated heterocycles. The van der Waals surface area contributed by atoms with E-state index in [2.05, 4.69) is 20.2 Å². The Balaban J connectivity index is 1.70. The molecule has 2 aliphatic heterocycles. The molecule has 6 nitrogen and oxygen atoms in total. The van der Waals surface area contributed by atoms with Gasteiger partial charge in [-0.3, -0.25) is 4.79 Å². The molecule has 3 heterocycles. The monoisotopic (exact) mass is 290 g/mol. The van der Waals surface area contributed by atoms with Gasteiger partial charge in [-0.05, 0) is 25.2 Å². The van der Waals surface area contributed by atoms with E-state index >= 15 is 0 Å². The molecular formula is C15H22N4O2. The van der Waals surface area contributed by atoms with Crippen molar-refractivity contribution in [3.8, 4) is 0 Å². The Morgan fingerprint density at radius 1 is 1.38 bits per heavy atom. The van der Waals surface area contributed by atoms with E-state index in [1.807, 2.05) is 13.0 Å². The minimum absolute atomic E-state index is 0.172. The van der Waals surface area contributed by atoms with Crippen LogP contribution in [0, 0.1) is 12.3 Å². The second-order valence-corrected chi connectivity index (χ2v) is 6.16. The van der Waals surface area contributed by atoms with Crippen LogP contribution in [0.5, 0.6) is 0 Å². The van der Waals surface area contributed by atoms with E-state index in [0.29, 0.717) is 13.0 Å². The summed E-state index contributed by atoms with van der Waals surface area (Å²) in [6.07, 6.45) is 2.75. The molecule has 0 bridgehead atoms. The van der Waals surface area contributed by atoms with Gasteiger partial charge in [0.15, 0.2) is 5.82 Å². The van der Waals surface area contributed by atoms with Gasteiger partial charge in [0.05, 0.1) is 0 Å². The summed E-state index contributed by atoms with van der Waals surface area (Å²) >= 11 is 0. The first kappa shape index (κ1) is 14.3. The number of aryl methyl sites for hydroxylation is 1. The summed E-state index contributed by atoms with van der Waals surface area (Å²) in [5.41, 5.74) is 1.13. The molecule has 114 valence electrons. The summed E-state index contributed by atoms with van der Waals surface area (Å²) in [6.45, 7) is 5.13. The van der Waals surface area contributed by atoms with E-state index < -0.39 is 0 Å². The standard InChI is InChI=1S/C15H22N4O2/c1-11-7-13(18-12(17-11)9-21-2)19-5-3-15(4-6-19)8-14(20)16-10-15/h7H,3-6,8-10H2,1-2H3,(H,16,20). The number of carbonyl (C=O) groups excluding carboxylic acids is 1. The van der Waals surface area contributed by atoms with E-state index in [1.54, 1.807) is 7.11 Å². The van der Waals surface area contributed by atoms with E-state index in [1.165, 1.54) is 0 Å². The highest BCUT2D eigenvalue weighted by Crippen LogP contribution is 2.38. The molecule has 0 aromatic carbocycles. The van der Waals surface area contributed by atoms with E-state index in [-0.39, 0.29) is 11.3 Å². The van der Waals surface area contributed by atoms with Crippen molar-refractivity contribution in [3.05, 3.63) is 17.6 Å². The number of hydrogen-bond donors (Lipinski definition) is 1. The maximum Gasteiger partial charge on any atom is 0.220 e. The second-order valence-electron chi connectivity index (χ2n) is 6.16. The van der Waals surface area contributed by atoms with Gasteiger partial charge >= 0.3 is 0 Å². The molecule has 0 saturated carbocycles. The minimum Gasteiger partial charge on any atom is -0.377 e. The predicted molar refractivity (Wildman–Crippen MR) is 79.0 cm³/mol. The first-order valence-corrected chi connectivity index (χ1v) is 7.45. The predicted octanol–water partition coefficient (Wildman–Crippen LogP) is 1.04. The lowest BCUT2D eigenvalue weighted by Crippen LogP contribution is -2.41. The smallest absolute Gasteiger partial charge is 0.220 e. The number of amides is 1. The number of nitrogens with zero attached hydrogens (tertiary/aromatic N) is 3. The third-order valence-corrected chi connectivity index (χ3v) is 4.50. The van der Waals surface area contributed by atoms with Crippen LogP contribution in [0.3, 0.4) is 0 Å². The molecule has 1 spiro atoms. The summed E-state index contributed by atoms with van der Waals surface area (Å²) < 4.78 is 5.12. The maximum absolute atomic E-state index is 11.5. The van der Waals surface area contributed by atoms with Crippen LogP contribution in [0.1, 0.15) is 30.8 Å². The van der Waals surface area contributed by atoms with Crippen LogP contribution in [0.15, 0.2) is 6.07 Å². The zero-order valence-electron chi connectivity index (χ0n) is 12.7. The van der Waals surface area contributed by atoms with Gasteiger partial charge in [-0.25, -0.2) is 9.97 Å². The number of nitrogens with one attached hydrogen (secondary N) is 1. The number of carbonyl (C=O) groups is 1. The van der Waals surface area contributed by atoms with Crippen LogP contribution < -0.4 is 10.2 Å². The molecule has 1 N–H and O–H groups in total. The zero-order chi connectivity index (χ0) is 14.9. The topological polar surface area (TPSA) is 67.3 Å². The van der Waals surface area contributed by atoms with Crippen molar-refractivity contribution in [1.82, 2.24) is 15.3 Å². The first-order valence-electron chi connectivity index (χ1n) is 7.45. The number of ether oxygens (including phenoxy) is 1. The fourth-order valence-corrected chi connectivity index (χ4v) is 3.28. The Labute approximate surface area is 124 Å². The summed E-state index contributed by atoms with van der Waals surface area (Å²) in [5, 5.41) is 2.97. The molecule has 0 unspecified atom stereocenters. The highest BCUT2D eigenvalue weighted by atomic mass is 16.5.